The molecule has 0 radical (unpaired) electrons. The van der Waals surface area contributed by atoms with E-state index < -0.39 is 97.5 Å². The Morgan fingerprint density at radius 2 is 0.510 bits per heavy atom. The molecule has 0 aromatic rings. The van der Waals surface area contributed by atoms with Crippen LogP contribution in [-0.4, -0.2) is 96.7 Å². The van der Waals surface area contributed by atoms with E-state index in [4.69, 9.17) is 37.0 Å². The SMILES string of the molecule is CCCCCCCCCCCCCCCCCCCCCCCC(=O)OC[C@H](COP(=O)(O)OC[C@@H](O)COP(=O)(O)OC[C@@H](COC(=O)CCCCCCCCCC)OC(=O)CCCCCCCCC(C)C)OC(=O)CCCCCCCCCCCCCCCCCCCCC(C)CC. The lowest BCUT2D eigenvalue weighted by Gasteiger charge is -2.21. The van der Waals surface area contributed by atoms with Gasteiger partial charge in [-0.1, -0.05) is 375 Å². The fraction of sp³-hybridized carbons (Fsp3) is 0.951. The van der Waals surface area contributed by atoms with E-state index in [1.54, 1.807) is 0 Å². The molecule has 100 heavy (non-hydrogen) atoms. The van der Waals surface area contributed by atoms with Crippen molar-refractivity contribution >= 4 is 39.5 Å². The van der Waals surface area contributed by atoms with Gasteiger partial charge in [-0.15, -0.1) is 0 Å². The highest BCUT2D eigenvalue weighted by molar-refractivity contribution is 7.47. The Hall–Kier alpha value is -1.94. The molecule has 0 aliphatic carbocycles. The first-order chi connectivity index (χ1) is 48.4. The molecule has 0 aromatic carbocycles. The van der Waals surface area contributed by atoms with Crippen molar-refractivity contribution in [2.75, 3.05) is 39.6 Å². The van der Waals surface area contributed by atoms with Crippen molar-refractivity contribution in [3.8, 4) is 0 Å². The zero-order chi connectivity index (χ0) is 73.5. The molecular weight excluding hydrogens is 1310 g/mol. The Bertz CT molecular complexity index is 1930. The maximum absolute atomic E-state index is 13.1. The minimum atomic E-state index is -4.96. The lowest BCUT2D eigenvalue weighted by molar-refractivity contribution is -0.161. The highest BCUT2D eigenvalue weighted by Gasteiger charge is 2.30. The van der Waals surface area contributed by atoms with E-state index in [-0.39, 0.29) is 25.7 Å². The van der Waals surface area contributed by atoms with Crippen LogP contribution < -0.4 is 0 Å². The van der Waals surface area contributed by atoms with Crippen LogP contribution in [0.2, 0.25) is 0 Å². The number of phosphoric acid groups is 2. The molecule has 6 atom stereocenters. The Labute approximate surface area is 613 Å². The monoisotopic (exact) mass is 1470 g/mol. The van der Waals surface area contributed by atoms with E-state index in [0.717, 1.165) is 102 Å². The Balaban J connectivity index is 5.13. The van der Waals surface area contributed by atoms with Crippen LogP contribution in [0.25, 0.3) is 0 Å². The zero-order valence-electron chi connectivity index (χ0n) is 65.5. The van der Waals surface area contributed by atoms with Gasteiger partial charge in [0, 0.05) is 25.7 Å². The maximum atomic E-state index is 13.1. The molecular formula is C81H158O17P2. The molecule has 594 valence electrons. The number of esters is 4. The molecule has 0 rings (SSSR count). The predicted octanol–water partition coefficient (Wildman–Crippen LogP) is 24.3. The molecule has 3 N–H and O–H groups in total. The Kier molecular flexibility index (Phi) is 71.2. The highest BCUT2D eigenvalue weighted by Crippen LogP contribution is 2.45. The van der Waals surface area contributed by atoms with Crippen LogP contribution in [0, 0.1) is 11.8 Å². The summed E-state index contributed by atoms with van der Waals surface area (Å²) in [6.45, 7) is 9.56. The Morgan fingerprint density at radius 1 is 0.290 bits per heavy atom. The van der Waals surface area contributed by atoms with Gasteiger partial charge in [0.25, 0.3) is 0 Å². The fourth-order valence-corrected chi connectivity index (χ4v) is 14.1. The first-order valence-electron chi connectivity index (χ1n) is 42.0. The van der Waals surface area contributed by atoms with Crippen molar-refractivity contribution in [1.82, 2.24) is 0 Å². The molecule has 0 saturated carbocycles. The van der Waals surface area contributed by atoms with E-state index in [9.17, 15) is 43.2 Å². The summed E-state index contributed by atoms with van der Waals surface area (Å²) in [6.07, 6.45) is 63.0. The minimum Gasteiger partial charge on any atom is -0.462 e. The Morgan fingerprint density at radius 3 is 0.760 bits per heavy atom. The van der Waals surface area contributed by atoms with Gasteiger partial charge in [-0.25, -0.2) is 9.13 Å². The molecule has 0 amide bonds. The summed E-state index contributed by atoms with van der Waals surface area (Å²) in [4.78, 5) is 72.8. The molecule has 17 nitrogen and oxygen atoms in total. The third kappa shape index (κ3) is 73.0. The minimum absolute atomic E-state index is 0.102. The van der Waals surface area contributed by atoms with E-state index in [1.807, 2.05) is 0 Å². The summed E-state index contributed by atoms with van der Waals surface area (Å²) in [5.74, 6) is -0.578. The van der Waals surface area contributed by atoms with Gasteiger partial charge in [0.05, 0.1) is 26.4 Å². The second-order valence-electron chi connectivity index (χ2n) is 29.9. The van der Waals surface area contributed by atoms with Crippen molar-refractivity contribution in [3.63, 3.8) is 0 Å². The summed E-state index contributed by atoms with van der Waals surface area (Å²) in [5.41, 5.74) is 0. The number of aliphatic hydroxyl groups is 1. The largest absolute Gasteiger partial charge is 0.472 e. The molecule has 0 fully saturated rings. The second kappa shape index (κ2) is 72.6. The lowest BCUT2D eigenvalue weighted by atomic mass is 9.99. The van der Waals surface area contributed by atoms with Crippen molar-refractivity contribution in [2.45, 2.75) is 445 Å². The summed E-state index contributed by atoms with van der Waals surface area (Å²) in [6, 6.07) is 0. The first kappa shape index (κ1) is 98.1. The van der Waals surface area contributed by atoms with E-state index in [0.29, 0.717) is 31.6 Å². The predicted molar refractivity (Wildman–Crippen MR) is 409 cm³/mol. The number of hydrogen-bond donors (Lipinski definition) is 3. The maximum Gasteiger partial charge on any atom is 0.472 e. The molecule has 0 aliphatic rings. The molecule has 0 bridgehead atoms. The van der Waals surface area contributed by atoms with Crippen molar-refractivity contribution in [2.24, 2.45) is 11.8 Å². The number of rotatable bonds is 80. The smallest absolute Gasteiger partial charge is 0.462 e. The normalized spacial score (nSPS) is 14.2. The van der Waals surface area contributed by atoms with E-state index in [1.165, 1.54) is 238 Å². The van der Waals surface area contributed by atoms with Crippen molar-refractivity contribution in [3.05, 3.63) is 0 Å². The molecule has 0 heterocycles. The number of ether oxygens (including phenoxy) is 4. The topological polar surface area (TPSA) is 237 Å². The van der Waals surface area contributed by atoms with Crippen LogP contribution in [0.5, 0.6) is 0 Å². The van der Waals surface area contributed by atoms with Gasteiger partial charge in [0.2, 0.25) is 0 Å². The van der Waals surface area contributed by atoms with Crippen LogP contribution in [0.4, 0.5) is 0 Å². The number of phosphoric ester groups is 2. The zero-order valence-corrected chi connectivity index (χ0v) is 67.3. The van der Waals surface area contributed by atoms with Crippen LogP contribution in [0.15, 0.2) is 0 Å². The third-order valence-corrected chi connectivity index (χ3v) is 21.2. The van der Waals surface area contributed by atoms with Gasteiger partial charge in [-0.2, -0.15) is 0 Å². The van der Waals surface area contributed by atoms with Gasteiger partial charge in [0.1, 0.15) is 19.3 Å². The molecule has 0 aromatic heterocycles. The van der Waals surface area contributed by atoms with Crippen molar-refractivity contribution in [1.29, 1.82) is 0 Å². The first-order valence-corrected chi connectivity index (χ1v) is 45.0. The van der Waals surface area contributed by atoms with Gasteiger partial charge < -0.3 is 33.8 Å². The number of carbonyl (C=O) groups is 4. The van der Waals surface area contributed by atoms with Gasteiger partial charge in [-0.05, 0) is 37.5 Å². The fourth-order valence-electron chi connectivity index (χ4n) is 12.5. The summed E-state index contributed by atoms with van der Waals surface area (Å²) in [5, 5.41) is 10.6. The molecule has 19 heteroatoms. The number of aliphatic hydroxyl groups excluding tert-OH is 1. The average molecular weight is 1470 g/mol. The standard InChI is InChI=1S/C81H158O17P2/c1-7-10-12-14-16-18-19-20-21-22-23-24-25-29-32-35-38-41-45-52-58-64-79(84)92-69-76(97-80(85)65-59-53-46-42-39-36-33-30-27-26-28-31-34-37-40-43-50-56-62-74(6)9-3)71-95-99(87,88)93-67-75(82)68-94-100(89,90)96-72-77(70-91-78(83)63-57-51-44-17-15-13-11-8-2)98-81(86)66-60-54-48-47-49-55-61-73(4)5/h73-77,82H,7-72H2,1-6H3,(H,87,88)(H,89,90)/t74?,75-,76-,77-/m1/s1. The molecule has 3 unspecified atom stereocenters. The van der Waals surface area contributed by atoms with Crippen LogP contribution in [0.3, 0.4) is 0 Å². The van der Waals surface area contributed by atoms with Gasteiger partial charge in [0.15, 0.2) is 12.2 Å². The third-order valence-electron chi connectivity index (χ3n) is 19.3. The van der Waals surface area contributed by atoms with Crippen LogP contribution in [-0.2, 0) is 65.4 Å². The number of unbranched alkanes of at least 4 members (excludes halogenated alkanes) is 49. The average Bonchev–Trinajstić information content (AvgIpc) is 0.930. The summed E-state index contributed by atoms with van der Waals surface area (Å²) >= 11 is 0. The van der Waals surface area contributed by atoms with Crippen molar-refractivity contribution < 1.29 is 80.2 Å². The molecule has 0 saturated heterocycles. The summed E-state index contributed by atoms with van der Waals surface area (Å²) < 4.78 is 68.5. The second-order valence-corrected chi connectivity index (χ2v) is 32.8. The summed E-state index contributed by atoms with van der Waals surface area (Å²) in [7, 11) is -9.91. The molecule has 0 spiro atoms. The molecule has 0 aliphatic heterocycles. The van der Waals surface area contributed by atoms with Crippen LogP contribution in [0.1, 0.15) is 427 Å². The van der Waals surface area contributed by atoms with Gasteiger partial charge in [-0.3, -0.25) is 37.3 Å². The number of carbonyl (C=O) groups excluding carboxylic acids is 4. The van der Waals surface area contributed by atoms with Gasteiger partial charge >= 0.3 is 39.5 Å². The number of hydrogen-bond acceptors (Lipinski definition) is 15. The van der Waals surface area contributed by atoms with Crippen LogP contribution >= 0.6 is 15.6 Å². The lowest BCUT2D eigenvalue weighted by Crippen LogP contribution is -2.30. The van der Waals surface area contributed by atoms with E-state index in [2.05, 4.69) is 41.5 Å². The highest BCUT2D eigenvalue weighted by atomic mass is 31.2. The quantitative estimate of drug-likeness (QED) is 0.0222. The van der Waals surface area contributed by atoms with E-state index >= 15 is 0 Å².